The van der Waals surface area contributed by atoms with Gasteiger partial charge < -0.3 is 19.6 Å². The van der Waals surface area contributed by atoms with Gasteiger partial charge in [0.25, 0.3) is 5.91 Å². The molecule has 0 atom stereocenters. The molecule has 0 spiro atoms. The smallest absolute Gasteiger partial charge is 0.337 e. The van der Waals surface area contributed by atoms with Crippen molar-refractivity contribution in [3.05, 3.63) is 58.5 Å². The highest BCUT2D eigenvalue weighted by Crippen LogP contribution is 2.22. The molecule has 1 aromatic carbocycles. The Balaban J connectivity index is 1.72. The Bertz CT molecular complexity index is 968. The lowest BCUT2D eigenvalue weighted by Gasteiger charge is -2.10. The minimum Gasteiger partial charge on any atom is -0.480 e. The van der Waals surface area contributed by atoms with Crippen LogP contribution < -0.4 is 10.1 Å². The van der Waals surface area contributed by atoms with Gasteiger partial charge in [0.2, 0.25) is 0 Å². The van der Waals surface area contributed by atoms with Gasteiger partial charge in [0.1, 0.15) is 0 Å². The number of aromatic nitrogens is 2. The number of benzene rings is 1. The third-order valence-electron chi connectivity index (χ3n) is 3.41. The number of pyridine rings is 1. The Morgan fingerprint density at radius 2 is 2.16 bits per heavy atom. The summed E-state index contributed by atoms with van der Waals surface area (Å²) in [6.45, 7) is 1.60. The molecule has 25 heavy (non-hydrogen) atoms. The molecule has 2 heterocycles. The molecule has 0 saturated heterocycles. The first kappa shape index (κ1) is 17.0. The van der Waals surface area contributed by atoms with E-state index in [1.165, 1.54) is 12.1 Å². The Morgan fingerprint density at radius 1 is 1.36 bits per heavy atom. The molecule has 3 rings (SSSR count). The van der Waals surface area contributed by atoms with Gasteiger partial charge in [-0.2, -0.15) is 0 Å². The first-order valence-corrected chi connectivity index (χ1v) is 8.13. The number of hydrogen-bond acceptors (Lipinski definition) is 4. The maximum absolute atomic E-state index is 12.1. The molecular weight excluding hydrogens is 390 g/mol. The molecule has 0 aliphatic heterocycles. The normalized spacial score (nSPS) is 10.6. The molecule has 0 bridgehead atoms. The molecule has 8 heteroatoms. The van der Waals surface area contributed by atoms with E-state index >= 15 is 0 Å². The zero-order chi connectivity index (χ0) is 18.0. The molecule has 128 valence electrons. The second-order valence-corrected chi connectivity index (χ2v) is 6.23. The summed E-state index contributed by atoms with van der Waals surface area (Å²) in [5.41, 5.74) is 1.65. The van der Waals surface area contributed by atoms with E-state index in [1.807, 2.05) is 19.3 Å². The number of aryl methyl sites for hydroxylation is 1. The molecule has 0 radical (unpaired) electrons. The van der Waals surface area contributed by atoms with Crippen LogP contribution in [-0.2, 0) is 4.79 Å². The quantitative estimate of drug-likeness (QED) is 0.682. The zero-order valence-corrected chi connectivity index (χ0v) is 14.8. The van der Waals surface area contributed by atoms with Gasteiger partial charge in [0.15, 0.2) is 18.0 Å². The van der Waals surface area contributed by atoms with E-state index in [2.05, 4.69) is 26.2 Å². The van der Waals surface area contributed by atoms with Crippen LogP contribution in [0.5, 0.6) is 5.75 Å². The Morgan fingerprint density at radius 3 is 2.92 bits per heavy atom. The summed E-state index contributed by atoms with van der Waals surface area (Å²) >= 11 is 3.21. The third-order valence-corrected chi connectivity index (χ3v) is 3.91. The summed E-state index contributed by atoms with van der Waals surface area (Å²) in [6.07, 6.45) is 3.69. The summed E-state index contributed by atoms with van der Waals surface area (Å²) in [6, 6.07) is 8.10. The van der Waals surface area contributed by atoms with E-state index in [0.717, 1.165) is 5.69 Å². The second-order valence-electron chi connectivity index (χ2n) is 5.32. The maximum Gasteiger partial charge on any atom is 0.337 e. The standard InChI is InChI=1S/C17H14BrN3O4/c1-10-8-21-6-2-3-14(16(21)19-10)25-9-15(22)20-13-5-4-11(18)7-12(13)17(23)24/h2-8H,9H2,1H3,(H,20,22)(H,23,24). The van der Waals surface area contributed by atoms with Gasteiger partial charge in [0, 0.05) is 16.9 Å². The monoisotopic (exact) mass is 403 g/mol. The number of hydrogen-bond donors (Lipinski definition) is 2. The van der Waals surface area contributed by atoms with Crippen molar-refractivity contribution >= 4 is 39.1 Å². The average molecular weight is 404 g/mol. The predicted molar refractivity (Wildman–Crippen MR) is 95.2 cm³/mol. The number of anilines is 1. The lowest BCUT2D eigenvalue weighted by molar-refractivity contribution is -0.118. The minimum atomic E-state index is -1.13. The van der Waals surface area contributed by atoms with Crippen LogP contribution in [0.1, 0.15) is 16.1 Å². The highest BCUT2D eigenvalue weighted by atomic mass is 79.9. The average Bonchev–Trinajstić information content (AvgIpc) is 2.95. The van der Waals surface area contributed by atoms with Crippen LogP contribution in [-0.4, -0.2) is 33.0 Å². The molecule has 0 fully saturated rings. The van der Waals surface area contributed by atoms with Crippen molar-refractivity contribution in [1.29, 1.82) is 0 Å². The molecule has 2 aromatic heterocycles. The maximum atomic E-state index is 12.1. The van der Waals surface area contributed by atoms with E-state index in [4.69, 9.17) is 4.74 Å². The number of amides is 1. The number of ether oxygens (including phenoxy) is 1. The molecule has 1 amide bonds. The van der Waals surface area contributed by atoms with Gasteiger partial charge >= 0.3 is 5.97 Å². The Hall–Kier alpha value is -2.87. The number of imidazole rings is 1. The van der Waals surface area contributed by atoms with E-state index < -0.39 is 11.9 Å². The van der Waals surface area contributed by atoms with Crippen molar-refractivity contribution in [2.75, 3.05) is 11.9 Å². The fraction of sp³-hybridized carbons (Fsp3) is 0.118. The number of carbonyl (C=O) groups excluding carboxylic acids is 1. The van der Waals surface area contributed by atoms with Crippen LogP contribution in [0.25, 0.3) is 5.65 Å². The first-order chi connectivity index (χ1) is 11.9. The minimum absolute atomic E-state index is 0.00583. The van der Waals surface area contributed by atoms with E-state index in [9.17, 15) is 14.7 Å². The predicted octanol–water partition coefficient (Wildman–Crippen LogP) is 3.12. The Labute approximate surface area is 151 Å². The molecule has 0 saturated carbocycles. The van der Waals surface area contributed by atoms with Crippen LogP contribution in [0.4, 0.5) is 5.69 Å². The van der Waals surface area contributed by atoms with E-state index in [0.29, 0.717) is 15.9 Å². The van der Waals surface area contributed by atoms with Crippen LogP contribution in [0.15, 0.2) is 47.2 Å². The molecular formula is C17H14BrN3O4. The van der Waals surface area contributed by atoms with Gasteiger partial charge in [-0.25, -0.2) is 9.78 Å². The first-order valence-electron chi connectivity index (χ1n) is 7.34. The summed E-state index contributed by atoms with van der Waals surface area (Å²) in [4.78, 5) is 27.7. The van der Waals surface area contributed by atoms with Crippen molar-refractivity contribution < 1.29 is 19.4 Å². The topological polar surface area (TPSA) is 92.9 Å². The number of fused-ring (bicyclic) bond motifs is 1. The van der Waals surface area contributed by atoms with Gasteiger partial charge in [-0.05, 0) is 37.3 Å². The summed E-state index contributed by atoms with van der Waals surface area (Å²) in [5, 5.41) is 11.8. The summed E-state index contributed by atoms with van der Waals surface area (Å²) < 4.78 is 7.96. The number of rotatable bonds is 5. The van der Waals surface area contributed by atoms with Crippen molar-refractivity contribution in [2.45, 2.75) is 6.92 Å². The van der Waals surface area contributed by atoms with Crippen molar-refractivity contribution in [2.24, 2.45) is 0 Å². The van der Waals surface area contributed by atoms with Crippen LogP contribution >= 0.6 is 15.9 Å². The number of carboxylic acids is 1. The van der Waals surface area contributed by atoms with Gasteiger partial charge in [-0.3, -0.25) is 4.79 Å². The summed E-state index contributed by atoms with van der Waals surface area (Å²) in [5.74, 6) is -1.12. The van der Waals surface area contributed by atoms with Crippen molar-refractivity contribution in [3.63, 3.8) is 0 Å². The van der Waals surface area contributed by atoms with Crippen LogP contribution in [0.3, 0.4) is 0 Å². The van der Waals surface area contributed by atoms with E-state index in [-0.39, 0.29) is 17.9 Å². The number of halogens is 1. The highest BCUT2D eigenvalue weighted by Gasteiger charge is 2.14. The molecule has 3 aromatic rings. The van der Waals surface area contributed by atoms with Gasteiger partial charge in [0.05, 0.1) is 16.9 Å². The third kappa shape index (κ3) is 3.80. The number of carboxylic acid groups (broad SMARTS) is 1. The Kier molecular flexibility index (Phi) is 4.71. The fourth-order valence-electron chi connectivity index (χ4n) is 2.35. The van der Waals surface area contributed by atoms with E-state index in [1.54, 1.807) is 22.6 Å². The van der Waals surface area contributed by atoms with Gasteiger partial charge in [-0.1, -0.05) is 15.9 Å². The fourth-order valence-corrected chi connectivity index (χ4v) is 2.72. The molecule has 0 unspecified atom stereocenters. The van der Waals surface area contributed by atoms with Crippen LogP contribution in [0.2, 0.25) is 0 Å². The number of nitrogens with zero attached hydrogens (tertiary/aromatic N) is 2. The summed E-state index contributed by atoms with van der Waals surface area (Å²) in [7, 11) is 0. The van der Waals surface area contributed by atoms with Crippen molar-refractivity contribution in [1.82, 2.24) is 9.38 Å². The lowest BCUT2D eigenvalue weighted by atomic mass is 10.2. The number of carbonyl (C=O) groups is 2. The van der Waals surface area contributed by atoms with Crippen molar-refractivity contribution in [3.8, 4) is 5.75 Å². The molecule has 0 aliphatic rings. The van der Waals surface area contributed by atoms with Gasteiger partial charge in [-0.15, -0.1) is 0 Å². The molecule has 7 nitrogen and oxygen atoms in total. The van der Waals surface area contributed by atoms with Crippen LogP contribution in [0, 0.1) is 6.92 Å². The molecule has 0 aliphatic carbocycles. The number of nitrogens with one attached hydrogen (secondary N) is 1. The highest BCUT2D eigenvalue weighted by molar-refractivity contribution is 9.10. The SMILES string of the molecule is Cc1cn2cccc(OCC(=O)Nc3ccc(Br)cc3C(=O)O)c2n1. The lowest BCUT2D eigenvalue weighted by Crippen LogP contribution is -2.21. The zero-order valence-electron chi connectivity index (χ0n) is 13.2. The second kappa shape index (κ2) is 6.94. The largest absolute Gasteiger partial charge is 0.480 e. The molecule has 2 N–H and O–H groups in total. The number of aromatic carboxylic acids is 1.